The maximum atomic E-state index is 9.69. The zero-order chi connectivity index (χ0) is 19.9. The number of methoxy groups -OCH3 is 1. The van der Waals surface area contributed by atoms with Crippen LogP contribution in [0.3, 0.4) is 0 Å². The summed E-state index contributed by atoms with van der Waals surface area (Å²) in [5.41, 5.74) is 4.58. The summed E-state index contributed by atoms with van der Waals surface area (Å²) in [6.07, 6.45) is 5.56. The normalized spacial score (nSPS) is 11.0. The van der Waals surface area contributed by atoms with Gasteiger partial charge in [0, 0.05) is 18.2 Å². The van der Waals surface area contributed by atoms with E-state index in [-0.39, 0.29) is 5.75 Å². The van der Waals surface area contributed by atoms with Crippen LogP contribution in [0, 0.1) is 5.92 Å². The largest absolute Gasteiger partial charge is 0.504 e. The van der Waals surface area contributed by atoms with E-state index in [1.54, 1.807) is 13.2 Å². The van der Waals surface area contributed by atoms with Crippen LogP contribution in [-0.2, 0) is 19.3 Å². The lowest BCUT2D eigenvalue weighted by molar-refractivity contribution is 0.373. The number of nitrogens with zero attached hydrogens (tertiary/aromatic N) is 2. The van der Waals surface area contributed by atoms with E-state index in [4.69, 9.17) is 9.72 Å². The fraction of sp³-hybridized carbons (Fsp3) is 0.333. The zero-order valence-corrected chi connectivity index (χ0v) is 16.9. The summed E-state index contributed by atoms with van der Waals surface area (Å²) in [7, 11) is 1.56. The average molecular weight is 377 g/mol. The maximum absolute atomic E-state index is 9.69. The Morgan fingerprint density at radius 2 is 1.71 bits per heavy atom. The third-order valence-electron chi connectivity index (χ3n) is 4.71. The van der Waals surface area contributed by atoms with Crippen molar-refractivity contribution in [1.29, 1.82) is 0 Å². The van der Waals surface area contributed by atoms with Gasteiger partial charge in [0.05, 0.1) is 12.8 Å². The first-order valence-electron chi connectivity index (χ1n) is 9.82. The molecule has 1 N–H and O–H groups in total. The first-order chi connectivity index (χ1) is 13.5. The molecule has 2 aromatic carbocycles. The van der Waals surface area contributed by atoms with Crippen molar-refractivity contribution in [1.82, 2.24) is 9.97 Å². The number of aryl methyl sites for hydroxylation is 2. The second-order valence-electron chi connectivity index (χ2n) is 7.51. The fourth-order valence-electron chi connectivity index (χ4n) is 3.29. The van der Waals surface area contributed by atoms with Crippen LogP contribution in [0.2, 0.25) is 0 Å². The number of aromatic hydroxyl groups is 1. The Morgan fingerprint density at radius 3 is 2.43 bits per heavy atom. The van der Waals surface area contributed by atoms with E-state index in [1.807, 2.05) is 24.4 Å². The van der Waals surface area contributed by atoms with E-state index >= 15 is 0 Å². The number of benzene rings is 2. The van der Waals surface area contributed by atoms with E-state index in [2.05, 4.69) is 43.1 Å². The molecule has 1 heterocycles. The zero-order valence-electron chi connectivity index (χ0n) is 16.9. The second-order valence-corrected chi connectivity index (χ2v) is 7.51. The third kappa shape index (κ3) is 5.32. The molecule has 0 aliphatic rings. The summed E-state index contributed by atoms with van der Waals surface area (Å²) in [5.74, 6) is 2.19. The molecule has 0 saturated carbocycles. The topological polar surface area (TPSA) is 55.2 Å². The Balaban J connectivity index is 1.62. The van der Waals surface area contributed by atoms with Crippen molar-refractivity contribution < 1.29 is 9.84 Å². The van der Waals surface area contributed by atoms with Crippen molar-refractivity contribution in [2.75, 3.05) is 7.11 Å². The molecule has 4 nitrogen and oxygen atoms in total. The molecule has 4 heteroatoms. The monoisotopic (exact) mass is 376 g/mol. The van der Waals surface area contributed by atoms with Crippen LogP contribution in [0.25, 0.3) is 11.3 Å². The van der Waals surface area contributed by atoms with Crippen LogP contribution in [0.5, 0.6) is 11.5 Å². The second kappa shape index (κ2) is 9.36. The summed E-state index contributed by atoms with van der Waals surface area (Å²) < 4.78 is 5.17. The fourth-order valence-corrected chi connectivity index (χ4v) is 3.29. The van der Waals surface area contributed by atoms with Crippen LogP contribution in [0.1, 0.15) is 37.2 Å². The van der Waals surface area contributed by atoms with Gasteiger partial charge in [-0.1, -0.05) is 44.2 Å². The molecule has 3 aromatic rings. The molecule has 0 bridgehead atoms. The molecule has 0 atom stereocenters. The first-order valence-corrected chi connectivity index (χ1v) is 9.82. The lowest BCUT2D eigenvalue weighted by atomic mass is 10.0. The average Bonchev–Trinajstić information content (AvgIpc) is 2.69. The van der Waals surface area contributed by atoms with Crippen LogP contribution in [0.15, 0.2) is 54.7 Å². The minimum absolute atomic E-state index is 0.168. The van der Waals surface area contributed by atoms with Gasteiger partial charge >= 0.3 is 0 Å². The molecule has 28 heavy (non-hydrogen) atoms. The van der Waals surface area contributed by atoms with Crippen molar-refractivity contribution in [3.05, 3.63) is 71.7 Å². The SMILES string of the molecule is COc1cc(CCCc2nccc(-c3ccc(CC(C)C)cc3)n2)ccc1O. The van der Waals surface area contributed by atoms with Crippen molar-refractivity contribution in [3.63, 3.8) is 0 Å². The van der Waals surface area contributed by atoms with Crippen molar-refractivity contribution in [2.24, 2.45) is 5.92 Å². The molecule has 1 aromatic heterocycles. The summed E-state index contributed by atoms with van der Waals surface area (Å²) in [6, 6.07) is 16.1. The lowest BCUT2D eigenvalue weighted by Crippen LogP contribution is -1.99. The third-order valence-corrected chi connectivity index (χ3v) is 4.71. The molecular weight excluding hydrogens is 348 g/mol. The van der Waals surface area contributed by atoms with Crippen LogP contribution in [-0.4, -0.2) is 22.2 Å². The number of phenolic OH excluding ortho intramolecular Hbond substituents is 1. The Kier molecular flexibility index (Phi) is 6.64. The Hall–Kier alpha value is -2.88. The molecule has 0 amide bonds. The summed E-state index contributed by atoms with van der Waals surface area (Å²) in [4.78, 5) is 9.16. The molecule has 0 fully saturated rings. The van der Waals surface area contributed by atoms with Crippen LogP contribution >= 0.6 is 0 Å². The summed E-state index contributed by atoms with van der Waals surface area (Å²) in [6.45, 7) is 4.47. The molecule has 146 valence electrons. The van der Waals surface area contributed by atoms with Crippen molar-refractivity contribution in [2.45, 2.75) is 39.5 Å². The van der Waals surface area contributed by atoms with Crippen LogP contribution in [0.4, 0.5) is 0 Å². The van der Waals surface area contributed by atoms with Gasteiger partial charge in [0.2, 0.25) is 0 Å². The van der Waals surface area contributed by atoms with Gasteiger partial charge in [-0.15, -0.1) is 0 Å². The molecular formula is C24H28N2O2. The molecule has 0 aliphatic heterocycles. The van der Waals surface area contributed by atoms with Crippen molar-refractivity contribution >= 4 is 0 Å². The number of ether oxygens (including phenoxy) is 1. The molecule has 0 radical (unpaired) electrons. The van der Waals surface area contributed by atoms with E-state index in [0.29, 0.717) is 11.7 Å². The Morgan fingerprint density at radius 1 is 0.964 bits per heavy atom. The van der Waals surface area contributed by atoms with Gasteiger partial charge in [-0.25, -0.2) is 9.97 Å². The number of aromatic nitrogens is 2. The standard InChI is InChI=1S/C24H28N2O2/c1-17(2)15-19-7-10-20(11-8-19)21-13-14-25-24(26-21)6-4-5-18-9-12-22(27)23(16-18)28-3/h7-14,16-17,27H,4-6,15H2,1-3H3. The van der Waals surface area contributed by atoms with Gasteiger partial charge in [-0.3, -0.25) is 0 Å². The van der Waals surface area contributed by atoms with Gasteiger partial charge in [0.15, 0.2) is 11.5 Å². The molecule has 0 aliphatic carbocycles. The Labute approximate surface area is 167 Å². The number of hydrogen-bond donors (Lipinski definition) is 1. The van der Waals surface area contributed by atoms with Gasteiger partial charge in [0.25, 0.3) is 0 Å². The maximum Gasteiger partial charge on any atom is 0.160 e. The van der Waals surface area contributed by atoms with Gasteiger partial charge in [-0.05, 0) is 54.5 Å². The Bertz CT molecular complexity index is 905. The minimum atomic E-state index is 0.168. The van der Waals surface area contributed by atoms with Crippen molar-refractivity contribution in [3.8, 4) is 22.8 Å². The molecule has 0 saturated heterocycles. The smallest absolute Gasteiger partial charge is 0.160 e. The lowest BCUT2D eigenvalue weighted by Gasteiger charge is -2.08. The summed E-state index contributed by atoms with van der Waals surface area (Å²) >= 11 is 0. The molecule has 0 spiro atoms. The van der Waals surface area contributed by atoms with Gasteiger partial charge < -0.3 is 9.84 Å². The van der Waals surface area contributed by atoms with E-state index in [9.17, 15) is 5.11 Å². The quantitative estimate of drug-likeness (QED) is 0.585. The predicted molar refractivity (Wildman–Crippen MR) is 113 cm³/mol. The number of phenols is 1. The molecule has 3 rings (SSSR count). The first kappa shape index (κ1) is 19.9. The predicted octanol–water partition coefficient (Wildman–Crippen LogP) is 5.23. The minimum Gasteiger partial charge on any atom is -0.504 e. The van der Waals surface area contributed by atoms with E-state index in [1.165, 1.54) is 5.56 Å². The highest BCUT2D eigenvalue weighted by Crippen LogP contribution is 2.27. The highest BCUT2D eigenvalue weighted by Gasteiger charge is 2.06. The van der Waals surface area contributed by atoms with Gasteiger partial charge in [-0.2, -0.15) is 0 Å². The van der Waals surface area contributed by atoms with E-state index in [0.717, 1.165) is 48.3 Å². The highest BCUT2D eigenvalue weighted by molar-refractivity contribution is 5.59. The summed E-state index contributed by atoms with van der Waals surface area (Å²) in [5, 5.41) is 9.69. The highest BCUT2D eigenvalue weighted by atomic mass is 16.5. The van der Waals surface area contributed by atoms with Crippen LogP contribution < -0.4 is 4.74 Å². The van der Waals surface area contributed by atoms with Gasteiger partial charge in [0.1, 0.15) is 5.82 Å². The molecule has 0 unspecified atom stereocenters. The van der Waals surface area contributed by atoms with E-state index < -0.39 is 0 Å². The number of hydrogen-bond acceptors (Lipinski definition) is 4. The number of rotatable bonds is 8.